The van der Waals surface area contributed by atoms with Gasteiger partial charge in [-0.25, -0.2) is 4.39 Å². The fourth-order valence-corrected chi connectivity index (χ4v) is 2.59. The molecule has 0 aromatic heterocycles. The van der Waals surface area contributed by atoms with Crippen molar-refractivity contribution in [3.8, 4) is 0 Å². The van der Waals surface area contributed by atoms with Crippen molar-refractivity contribution >= 4 is 33.8 Å². The summed E-state index contributed by atoms with van der Waals surface area (Å²) in [7, 11) is -5.27. The Labute approximate surface area is 169 Å². The molecule has 8 nitrogen and oxygen atoms in total. The molecule has 0 aromatic carbocycles. The van der Waals surface area contributed by atoms with Crippen molar-refractivity contribution in [2.45, 2.75) is 41.5 Å². The van der Waals surface area contributed by atoms with E-state index in [4.69, 9.17) is 9.66 Å². The summed E-state index contributed by atoms with van der Waals surface area (Å²) in [6.45, 7) is -1.18. The van der Waals surface area contributed by atoms with E-state index in [2.05, 4.69) is 9.47 Å². The number of carboxylic acids is 1. The Hall–Kier alpha value is -1.54. The van der Waals surface area contributed by atoms with E-state index in [-0.39, 0.29) is 0 Å². The van der Waals surface area contributed by atoms with Crippen molar-refractivity contribution < 1.29 is 81.0 Å². The van der Waals surface area contributed by atoms with Crippen LogP contribution in [0.2, 0.25) is 0 Å². The summed E-state index contributed by atoms with van der Waals surface area (Å²) in [6, 6.07) is 0. The highest BCUT2D eigenvalue weighted by atomic mass is 32.2. The maximum atomic E-state index is 13.3. The van der Waals surface area contributed by atoms with Gasteiger partial charge in [0, 0.05) is 5.75 Å². The molecule has 0 bridgehead atoms. The highest BCUT2D eigenvalue weighted by Gasteiger charge is 2.76. The van der Waals surface area contributed by atoms with Crippen LogP contribution in [0.5, 0.6) is 0 Å². The second-order valence-electron chi connectivity index (χ2n) is 5.20. The molecule has 0 aromatic rings. The highest BCUT2D eigenvalue weighted by molar-refractivity contribution is 8.00. The van der Waals surface area contributed by atoms with Crippen molar-refractivity contribution in [3.05, 3.63) is 0 Å². The lowest BCUT2D eigenvalue weighted by Gasteiger charge is -2.30. The summed E-state index contributed by atoms with van der Waals surface area (Å²) in [5.74, 6) is -12.1. The molecule has 0 aliphatic rings. The first-order valence-electron chi connectivity index (χ1n) is 7.07. The second-order valence-corrected chi connectivity index (χ2v) is 8.04. The molecule has 0 radical (unpaired) electrons. The molecule has 2 unspecified atom stereocenters. The standard InChI is InChI=1S/C11H10F10O8S2/c12-7(29-11(20,21)9(15,16)10(17,18)19)8(13,14)30-2-1-28-5(22)3-4(6(23)24)31(25,26)27/h4,7H,1-3H2,(H,23,24)(H,25,26,27). The Morgan fingerprint density at radius 1 is 1.00 bits per heavy atom. The molecule has 0 saturated carbocycles. The van der Waals surface area contributed by atoms with Crippen LogP contribution in [0.15, 0.2) is 0 Å². The molecule has 0 amide bonds. The van der Waals surface area contributed by atoms with E-state index in [1.54, 1.807) is 0 Å². The molecule has 20 heteroatoms. The molecule has 0 rings (SSSR count). The molecule has 0 fully saturated rings. The van der Waals surface area contributed by atoms with Crippen LogP contribution in [0.1, 0.15) is 6.42 Å². The van der Waals surface area contributed by atoms with Crippen LogP contribution in [0, 0.1) is 0 Å². The van der Waals surface area contributed by atoms with Gasteiger partial charge in [-0.2, -0.15) is 47.9 Å². The maximum absolute atomic E-state index is 13.3. The summed E-state index contributed by atoms with van der Waals surface area (Å²) in [4.78, 5) is 21.8. The van der Waals surface area contributed by atoms with Gasteiger partial charge in [-0.1, -0.05) is 11.8 Å². The number of carboxylic acid groups (broad SMARTS) is 1. The molecule has 0 aliphatic heterocycles. The zero-order valence-electron chi connectivity index (χ0n) is 14.2. The van der Waals surface area contributed by atoms with Gasteiger partial charge < -0.3 is 9.84 Å². The van der Waals surface area contributed by atoms with Crippen LogP contribution in [0.3, 0.4) is 0 Å². The number of rotatable bonds is 12. The number of carbonyl (C=O) groups is 2. The lowest BCUT2D eigenvalue weighted by Crippen LogP contribution is -2.55. The fraction of sp³-hybridized carbons (Fsp3) is 0.818. The average molecular weight is 524 g/mol. The topological polar surface area (TPSA) is 127 Å². The zero-order chi connectivity index (χ0) is 25.1. The van der Waals surface area contributed by atoms with Crippen LogP contribution >= 0.6 is 11.8 Å². The van der Waals surface area contributed by atoms with Gasteiger partial charge >= 0.3 is 35.4 Å². The number of esters is 1. The van der Waals surface area contributed by atoms with Gasteiger partial charge in [-0.3, -0.25) is 18.9 Å². The van der Waals surface area contributed by atoms with E-state index in [1.807, 2.05) is 0 Å². The Balaban J connectivity index is 4.82. The Morgan fingerprint density at radius 3 is 1.87 bits per heavy atom. The van der Waals surface area contributed by atoms with Crippen LogP contribution in [-0.4, -0.2) is 77.4 Å². The lowest BCUT2D eigenvalue weighted by molar-refractivity contribution is -0.446. The monoisotopic (exact) mass is 524 g/mol. The van der Waals surface area contributed by atoms with Crippen LogP contribution in [-0.2, 0) is 29.2 Å². The predicted molar refractivity (Wildman–Crippen MR) is 77.9 cm³/mol. The minimum atomic E-state index is -7.02. The molecule has 0 saturated heterocycles. The van der Waals surface area contributed by atoms with Crippen LogP contribution in [0.4, 0.5) is 43.9 Å². The van der Waals surface area contributed by atoms with E-state index < -0.39 is 87.7 Å². The molecular formula is C11H10F10O8S2. The van der Waals surface area contributed by atoms with Gasteiger partial charge in [0.15, 0.2) is 5.25 Å². The second kappa shape index (κ2) is 9.94. The number of carbonyl (C=O) groups excluding carboxylic acids is 1. The SMILES string of the molecule is O=C(CC(C(=O)O)S(=O)(=O)O)OCCSC(F)(F)C(F)OC(F)(F)C(F)(F)C(F)(F)F. The molecule has 2 N–H and O–H groups in total. The average Bonchev–Trinajstić information content (AvgIpc) is 2.53. The van der Waals surface area contributed by atoms with Crippen LogP contribution in [0.25, 0.3) is 0 Å². The molecule has 2 atom stereocenters. The smallest absolute Gasteiger partial charge is 0.462 e. The van der Waals surface area contributed by atoms with Gasteiger partial charge in [0.05, 0.1) is 6.42 Å². The van der Waals surface area contributed by atoms with E-state index in [1.165, 1.54) is 0 Å². The minimum absolute atomic E-state index is 1.04. The summed E-state index contributed by atoms with van der Waals surface area (Å²) in [5.41, 5.74) is 0. The Bertz CT molecular complexity index is 754. The number of thioether (sulfide) groups is 1. The van der Waals surface area contributed by atoms with E-state index in [0.717, 1.165) is 0 Å². The first kappa shape index (κ1) is 29.5. The quantitative estimate of drug-likeness (QED) is 0.172. The molecule has 0 aliphatic carbocycles. The van der Waals surface area contributed by atoms with Gasteiger partial charge in [0.1, 0.15) is 6.61 Å². The number of aliphatic carboxylic acids is 1. The zero-order valence-corrected chi connectivity index (χ0v) is 15.8. The van der Waals surface area contributed by atoms with E-state index >= 15 is 0 Å². The van der Waals surface area contributed by atoms with Gasteiger partial charge in [0.25, 0.3) is 16.5 Å². The van der Waals surface area contributed by atoms with Crippen LogP contribution < -0.4 is 0 Å². The van der Waals surface area contributed by atoms with Crippen molar-refractivity contribution in [1.29, 1.82) is 0 Å². The first-order valence-corrected chi connectivity index (χ1v) is 9.56. The summed E-state index contributed by atoms with van der Waals surface area (Å²) in [5, 5.41) is 0.664. The normalized spacial score (nSPS) is 16.0. The highest BCUT2D eigenvalue weighted by Crippen LogP contribution is 2.49. The lowest BCUT2D eigenvalue weighted by atomic mass is 10.3. The molecular weight excluding hydrogens is 514 g/mol. The van der Waals surface area contributed by atoms with Crippen molar-refractivity contribution in [2.75, 3.05) is 12.4 Å². The fourth-order valence-electron chi connectivity index (χ4n) is 1.37. The number of hydrogen-bond donors (Lipinski definition) is 2. The molecule has 31 heavy (non-hydrogen) atoms. The third kappa shape index (κ3) is 8.15. The summed E-state index contributed by atoms with van der Waals surface area (Å²) in [6.07, 6.45) is -19.9. The molecule has 0 spiro atoms. The minimum Gasteiger partial charge on any atom is -0.480 e. The summed E-state index contributed by atoms with van der Waals surface area (Å²) >= 11 is -1.04. The number of hydrogen-bond acceptors (Lipinski definition) is 7. The number of ether oxygens (including phenoxy) is 2. The number of alkyl halides is 10. The van der Waals surface area contributed by atoms with Crippen molar-refractivity contribution in [3.63, 3.8) is 0 Å². The van der Waals surface area contributed by atoms with Gasteiger partial charge in [0.2, 0.25) is 0 Å². The predicted octanol–water partition coefficient (Wildman–Crippen LogP) is 2.69. The third-order valence-corrected chi connectivity index (χ3v) is 4.89. The van der Waals surface area contributed by atoms with Crippen molar-refractivity contribution in [2.24, 2.45) is 0 Å². The first-order chi connectivity index (χ1) is 13.6. The van der Waals surface area contributed by atoms with Gasteiger partial charge in [-0.15, -0.1) is 0 Å². The van der Waals surface area contributed by atoms with E-state index in [0.29, 0.717) is 0 Å². The molecule has 184 valence electrons. The number of halogens is 10. The van der Waals surface area contributed by atoms with Crippen molar-refractivity contribution in [1.82, 2.24) is 0 Å². The van der Waals surface area contributed by atoms with Gasteiger partial charge in [-0.05, 0) is 0 Å². The Kier molecular flexibility index (Phi) is 9.45. The molecule has 0 heterocycles. The Morgan fingerprint density at radius 2 is 1.48 bits per heavy atom. The third-order valence-electron chi connectivity index (χ3n) is 2.87. The summed E-state index contributed by atoms with van der Waals surface area (Å²) < 4.78 is 162. The largest absolute Gasteiger partial charge is 0.480 e. The maximum Gasteiger partial charge on any atom is 0.462 e. The van der Waals surface area contributed by atoms with E-state index in [9.17, 15) is 61.9 Å².